The topological polar surface area (TPSA) is 0 Å². The Morgan fingerprint density at radius 3 is 0.742 bits per heavy atom. The van der Waals surface area contributed by atoms with Crippen LogP contribution in [0.4, 0.5) is 0 Å². The molecule has 0 aromatic rings. The molecule has 0 rings (SSSR count). The second-order valence-electron chi connectivity index (χ2n) is 10.4. The highest BCUT2D eigenvalue weighted by Crippen LogP contribution is 2.19. The minimum Gasteiger partial charge on any atom is -0.176 e. The van der Waals surface area contributed by atoms with Gasteiger partial charge in [0, 0.05) is 5.25 Å². The first-order chi connectivity index (χ1) is 15.3. The molecule has 0 nitrogen and oxygen atoms in total. The van der Waals surface area contributed by atoms with Crippen LogP contribution in [-0.4, -0.2) is 5.25 Å². The Bertz CT molecular complexity index is 301. The van der Waals surface area contributed by atoms with Gasteiger partial charge < -0.3 is 0 Å². The van der Waals surface area contributed by atoms with Gasteiger partial charge in [-0.05, 0) is 12.8 Å². The zero-order valence-electron chi connectivity index (χ0n) is 22.1. The van der Waals surface area contributed by atoms with Crippen molar-refractivity contribution in [2.24, 2.45) is 0 Å². The first-order valence-electron chi connectivity index (χ1n) is 15.0. The van der Waals surface area contributed by atoms with E-state index in [1.807, 2.05) is 0 Å². The van der Waals surface area contributed by atoms with Crippen LogP contribution in [-0.2, 0) is 0 Å². The summed E-state index contributed by atoms with van der Waals surface area (Å²) in [4.78, 5) is 0. The largest absolute Gasteiger partial charge is 0.176 e. The van der Waals surface area contributed by atoms with Crippen LogP contribution in [0.3, 0.4) is 0 Å². The molecule has 31 heavy (non-hydrogen) atoms. The van der Waals surface area contributed by atoms with E-state index in [-0.39, 0.29) is 0 Å². The van der Waals surface area contributed by atoms with Crippen molar-refractivity contribution < 1.29 is 0 Å². The molecule has 0 radical (unpaired) electrons. The minimum absolute atomic E-state index is 0.663. The Hall–Kier alpha value is 0.350. The number of hydrogen-bond donors (Lipinski definition) is 1. The predicted molar refractivity (Wildman–Crippen MR) is 149 cm³/mol. The number of thiol groups is 1. The lowest BCUT2D eigenvalue weighted by molar-refractivity contribution is 0.519. The van der Waals surface area contributed by atoms with E-state index in [1.54, 1.807) is 0 Å². The fraction of sp³-hybridized carbons (Fsp3) is 1.00. The van der Waals surface area contributed by atoms with Crippen LogP contribution in [0.5, 0.6) is 0 Å². The lowest BCUT2D eigenvalue weighted by Crippen LogP contribution is -1.98. The molecule has 0 heterocycles. The zero-order valence-corrected chi connectivity index (χ0v) is 23.0. The lowest BCUT2D eigenvalue weighted by Gasteiger charge is -2.10. The van der Waals surface area contributed by atoms with E-state index in [1.165, 1.54) is 173 Å². The highest BCUT2D eigenvalue weighted by Gasteiger charge is 2.03. The van der Waals surface area contributed by atoms with Gasteiger partial charge in [0.2, 0.25) is 0 Å². The maximum absolute atomic E-state index is 4.84. The van der Waals surface area contributed by atoms with Gasteiger partial charge in [-0.1, -0.05) is 174 Å². The molecular formula is C30H62S. The molecule has 0 amide bonds. The molecule has 0 aliphatic carbocycles. The molecule has 1 atom stereocenters. The molecular weight excluding hydrogens is 392 g/mol. The summed E-state index contributed by atoms with van der Waals surface area (Å²) >= 11 is 4.84. The molecule has 0 bridgehead atoms. The molecule has 0 spiro atoms. The number of hydrogen-bond acceptors (Lipinski definition) is 1. The summed E-state index contributed by atoms with van der Waals surface area (Å²) in [6, 6.07) is 0. The van der Waals surface area contributed by atoms with Gasteiger partial charge in [-0.25, -0.2) is 0 Å². The van der Waals surface area contributed by atoms with Gasteiger partial charge in [0.05, 0.1) is 0 Å². The van der Waals surface area contributed by atoms with Crippen molar-refractivity contribution in [2.45, 2.75) is 192 Å². The van der Waals surface area contributed by atoms with Gasteiger partial charge in [-0.15, -0.1) is 0 Å². The maximum Gasteiger partial charge on any atom is 0.00168 e. The highest BCUT2D eigenvalue weighted by molar-refractivity contribution is 7.80. The summed E-state index contributed by atoms with van der Waals surface area (Å²) < 4.78 is 0. The Balaban J connectivity index is 3.12. The Morgan fingerprint density at radius 1 is 0.323 bits per heavy atom. The van der Waals surface area contributed by atoms with E-state index in [0.717, 1.165) is 0 Å². The smallest absolute Gasteiger partial charge is 0.00168 e. The van der Waals surface area contributed by atoms with Crippen LogP contribution >= 0.6 is 12.6 Å². The summed E-state index contributed by atoms with van der Waals surface area (Å²) in [5.74, 6) is 0. The average molecular weight is 455 g/mol. The SMILES string of the molecule is CCCCCCCCCCCCCCCCCC(S)CCCCCCCCCCCC. The number of rotatable bonds is 27. The molecule has 188 valence electrons. The van der Waals surface area contributed by atoms with Crippen molar-refractivity contribution in [1.29, 1.82) is 0 Å². The Morgan fingerprint density at radius 2 is 0.516 bits per heavy atom. The van der Waals surface area contributed by atoms with Crippen molar-refractivity contribution in [3.63, 3.8) is 0 Å². The standard InChI is InChI=1S/C30H62S/c1-3-5-7-9-11-13-15-16-17-18-19-21-23-25-27-29-30(31)28-26-24-22-20-14-12-10-8-6-4-2/h30-31H,3-29H2,1-2H3. The molecule has 0 saturated heterocycles. The second-order valence-corrected chi connectivity index (χ2v) is 11.1. The summed E-state index contributed by atoms with van der Waals surface area (Å²) in [6.07, 6.45) is 38.9. The Kier molecular flexibility index (Phi) is 28.7. The minimum atomic E-state index is 0.663. The van der Waals surface area contributed by atoms with Crippen molar-refractivity contribution in [3.8, 4) is 0 Å². The van der Waals surface area contributed by atoms with Gasteiger partial charge in [0.25, 0.3) is 0 Å². The van der Waals surface area contributed by atoms with Crippen LogP contribution < -0.4 is 0 Å². The third-order valence-corrected chi connectivity index (χ3v) is 7.55. The van der Waals surface area contributed by atoms with Crippen LogP contribution in [0, 0.1) is 0 Å². The second kappa shape index (κ2) is 28.4. The third-order valence-electron chi connectivity index (χ3n) is 7.03. The molecule has 0 aliphatic heterocycles. The molecule has 1 unspecified atom stereocenters. The van der Waals surface area contributed by atoms with Crippen LogP contribution in [0.15, 0.2) is 0 Å². The van der Waals surface area contributed by atoms with E-state index < -0.39 is 0 Å². The summed E-state index contributed by atoms with van der Waals surface area (Å²) in [5.41, 5.74) is 0. The van der Waals surface area contributed by atoms with Crippen molar-refractivity contribution >= 4 is 12.6 Å². The average Bonchev–Trinajstić information content (AvgIpc) is 2.77. The fourth-order valence-corrected chi connectivity index (χ4v) is 5.13. The van der Waals surface area contributed by atoms with Crippen molar-refractivity contribution in [2.75, 3.05) is 0 Å². The lowest BCUT2D eigenvalue weighted by atomic mass is 10.0. The van der Waals surface area contributed by atoms with E-state index in [0.29, 0.717) is 5.25 Å². The summed E-state index contributed by atoms with van der Waals surface area (Å²) in [6.45, 7) is 4.60. The molecule has 0 aromatic heterocycles. The quantitative estimate of drug-likeness (QED) is 0.0925. The first kappa shape index (κ1) is 31.4. The van der Waals surface area contributed by atoms with Crippen LogP contribution in [0.25, 0.3) is 0 Å². The molecule has 0 aliphatic rings. The molecule has 0 aromatic carbocycles. The van der Waals surface area contributed by atoms with Crippen molar-refractivity contribution in [1.82, 2.24) is 0 Å². The molecule has 0 fully saturated rings. The van der Waals surface area contributed by atoms with E-state index in [4.69, 9.17) is 12.6 Å². The molecule has 1 heteroatoms. The van der Waals surface area contributed by atoms with E-state index in [9.17, 15) is 0 Å². The van der Waals surface area contributed by atoms with Gasteiger partial charge in [0.15, 0.2) is 0 Å². The monoisotopic (exact) mass is 454 g/mol. The highest BCUT2D eigenvalue weighted by atomic mass is 32.1. The molecule has 0 N–H and O–H groups in total. The Labute approximate surface area is 204 Å². The summed E-state index contributed by atoms with van der Waals surface area (Å²) in [5, 5.41) is 0.663. The van der Waals surface area contributed by atoms with E-state index in [2.05, 4.69) is 13.8 Å². The normalized spacial score (nSPS) is 12.5. The van der Waals surface area contributed by atoms with Gasteiger partial charge in [-0.3, -0.25) is 0 Å². The van der Waals surface area contributed by atoms with Gasteiger partial charge in [-0.2, -0.15) is 12.6 Å². The first-order valence-corrected chi connectivity index (χ1v) is 15.5. The third kappa shape index (κ3) is 28.3. The van der Waals surface area contributed by atoms with Gasteiger partial charge in [0.1, 0.15) is 0 Å². The predicted octanol–water partition coefficient (Wildman–Crippen LogP) is 11.9. The fourth-order valence-electron chi connectivity index (χ4n) is 4.76. The van der Waals surface area contributed by atoms with Crippen LogP contribution in [0.1, 0.15) is 187 Å². The van der Waals surface area contributed by atoms with Crippen molar-refractivity contribution in [3.05, 3.63) is 0 Å². The van der Waals surface area contributed by atoms with Crippen LogP contribution in [0.2, 0.25) is 0 Å². The zero-order chi connectivity index (χ0) is 22.7. The summed E-state index contributed by atoms with van der Waals surface area (Å²) in [7, 11) is 0. The van der Waals surface area contributed by atoms with Gasteiger partial charge >= 0.3 is 0 Å². The molecule has 0 saturated carbocycles. The van der Waals surface area contributed by atoms with E-state index >= 15 is 0 Å². The number of unbranched alkanes of at least 4 members (excludes halogenated alkanes) is 23. The maximum atomic E-state index is 4.84.